The zero-order valence-corrected chi connectivity index (χ0v) is 12.7. The number of aromatic nitrogens is 3. The van der Waals surface area contributed by atoms with Crippen molar-refractivity contribution in [1.29, 1.82) is 0 Å². The summed E-state index contributed by atoms with van der Waals surface area (Å²) in [6, 6.07) is 4.85. The molecule has 1 atom stereocenters. The maximum atomic E-state index is 13.4. The highest BCUT2D eigenvalue weighted by Crippen LogP contribution is 2.22. The first-order chi connectivity index (χ1) is 10.6. The van der Waals surface area contributed by atoms with Gasteiger partial charge in [0.15, 0.2) is 0 Å². The fourth-order valence-corrected chi connectivity index (χ4v) is 2.82. The lowest BCUT2D eigenvalue weighted by molar-refractivity contribution is -0.130. The Bertz CT molecular complexity index is 662. The summed E-state index contributed by atoms with van der Waals surface area (Å²) in [6.45, 7) is 1.37. The first-order valence-corrected chi connectivity index (χ1v) is 7.59. The molecule has 0 saturated carbocycles. The number of hydrogen-bond acceptors (Lipinski definition) is 3. The standard InChI is InChI=1S/C15H16ClFN4O/c16-13-3-1-11(9-14(13)17)2-4-15(22)20-7-5-12(10-20)21-8-6-18-19-21/h1,3,6,8-9,12H,2,4-5,7,10H2. The molecule has 3 rings (SSSR count). The second kappa shape index (κ2) is 6.44. The second-order valence-corrected chi connectivity index (χ2v) is 5.82. The van der Waals surface area contributed by atoms with Crippen molar-refractivity contribution in [2.45, 2.75) is 25.3 Å². The van der Waals surface area contributed by atoms with Crippen LogP contribution in [0.5, 0.6) is 0 Å². The Hall–Kier alpha value is -1.95. The molecule has 0 bridgehead atoms. The predicted octanol–water partition coefficient (Wildman–Crippen LogP) is 2.48. The van der Waals surface area contributed by atoms with Crippen LogP contribution in [0.25, 0.3) is 0 Å². The molecule has 1 saturated heterocycles. The average molecular weight is 323 g/mol. The van der Waals surface area contributed by atoms with Gasteiger partial charge in [-0.15, -0.1) is 5.10 Å². The predicted molar refractivity (Wildman–Crippen MR) is 80.0 cm³/mol. The number of carbonyl (C=O) groups is 1. The monoisotopic (exact) mass is 322 g/mol. The Labute approximate surface area is 132 Å². The van der Waals surface area contributed by atoms with Crippen LogP contribution in [0.3, 0.4) is 0 Å². The third-order valence-electron chi connectivity index (χ3n) is 3.94. The number of benzene rings is 1. The molecular formula is C15H16ClFN4O. The smallest absolute Gasteiger partial charge is 0.222 e. The van der Waals surface area contributed by atoms with E-state index in [4.69, 9.17) is 11.6 Å². The topological polar surface area (TPSA) is 51.0 Å². The Kier molecular flexibility index (Phi) is 4.38. The molecule has 5 nitrogen and oxygen atoms in total. The first-order valence-electron chi connectivity index (χ1n) is 7.21. The summed E-state index contributed by atoms with van der Waals surface area (Å²) in [4.78, 5) is 14.1. The van der Waals surface area contributed by atoms with Crippen molar-refractivity contribution in [2.75, 3.05) is 13.1 Å². The number of rotatable bonds is 4. The molecule has 7 heteroatoms. The molecule has 1 aromatic carbocycles. The minimum atomic E-state index is -0.445. The minimum Gasteiger partial charge on any atom is -0.340 e. The average Bonchev–Trinajstić information content (AvgIpc) is 3.18. The van der Waals surface area contributed by atoms with Gasteiger partial charge < -0.3 is 4.90 Å². The van der Waals surface area contributed by atoms with Crippen LogP contribution in [0.2, 0.25) is 5.02 Å². The molecule has 0 spiro atoms. The quantitative estimate of drug-likeness (QED) is 0.869. The van der Waals surface area contributed by atoms with E-state index in [0.717, 1.165) is 18.5 Å². The summed E-state index contributed by atoms with van der Waals surface area (Å²) in [6.07, 6.45) is 5.21. The van der Waals surface area contributed by atoms with E-state index in [1.54, 1.807) is 16.9 Å². The van der Waals surface area contributed by atoms with Crippen LogP contribution < -0.4 is 0 Å². The number of amides is 1. The van der Waals surface area contributed by atoms with Gasteiger partial charge >= 0.3 is 0 Å². The highest BCUT2D eigenvalue weighted by molar-refractivity contribution is 6.30. The van der Waals surface area contributed by atoms with Crippen LogP contribution in [-0.2, 0) is 11.2 Å². The highest BCUT2D eigenvalue weighted by atomic mass is 35.5. The summed E-state index contributed by atoms with van der Waals surface area (Å²) < 4.78 is 15.2. The van der Waals surface area contributed by atoms with E-state index in [2.05, 4.69) is 10.3 Å². The normalized spacial score (nSPS) is 17.9. The number of carbonyl (C=O) groups excluding carboxylic acids is 1. The molecule has 1 fully saturated rings. The van der Waals surface area contributed by atoms with Gasteiger partial charge in [0.25, 0.3) is 0 Å². The molecule has 2 heterocycles. The van der Waals surface area contributed by atoms with E-state index in [1.165, 1.54) is 12.1 Å². The molecule has 116 valence electrons. The van der Waals surface area contributed by atoms with Gasteiger partial charge in [0.1, 0.15) is 5.82 Å². The third-order valence-corrected chi connectivity index (χ3v) is 4.25. The Morgan fingerprint density at radius 2 is 2.32 bits per heavy atom. The number of hydrogen-bond donors (Lipinski definition) is 0. The van der Waals surface area contributed by atoms with E-state index in [1.807, 2.05) is 11.1 Å². The van der Waals surface area contributed by atoms with E-state index >= 15 is 0 Å². The SMILES string of the molecule is O=C(CCc1ccc(Cl)c(F)c1)N1CCC(n2ccnn2)C1. The lowest BCUT2D eigenvalue weighted by Gasteiger charge is -2.16. The van der Waals surface area contributed by atoms with Crippen LogP contribution in [0, 0.1) is 5.82 Å². The van der Waals surface area contributed by atoms with Crippen LogP contribution in [0.15, 0.2) is 30.6 Å². The van der Waals surface area contributed by atoms with Crippen LogP contribution in [0.4, 0.5) is 4.39 Å². The van der Waals surface area contributed by atoms with Crippen molar-refractivity contribution in [2.24, 2.45) is 0 Å². The molecule has 0 radical (unpaired) electrons. The molecule has 1 aromatic heterocycles. The van der Waals surface area contributed by atoms with Gasteiger partial charge in [-0.05, 0) is 30.5 Å². The summed E-state index contributed by atoms with van der Waals surface area (Å²) >= 11 is 5.65. The van der Waals surface area contributed by atoms with Gasteiger partial charge in [0.2, 0.25) is 5.91 Å². The lowest BCUT2D eigenvalue weighted by atomic mass is 10.1. The largest absolute Gasteiger partial charge is 0.340 e. The van der Waals surface area contributed by atoms with Gasteiger partial charge in [-0.25, -0.2) is 9.07 Å². The maximum absolute atomic E-state index is 13.4. The van der Waals surface area contributed by atoms with Gasteiger partial charge in [-0.2, -0.15) is 0 Å². The molecule has 0 aliphatic carbocycles. The fraction of sp³-hybridized carbons (Fsp3) is 0.400. The molecule has 2 aromatic rings. The lowest BCUT2D eigenvalue weighted by Crippen LogP contribution is -2.29. The second-order valence-electron chi connectivity index (χ2n) is 5.41. The fourth-order valence-electron chi connectivity index (χ4n) is 2.70. The summed E-state index contributed by atoms with van der Waals surface area (Å²) in [5.41, 5.74) is 0.780. The molecule has 0 N–H and O–H groups in total. The van der Waals surface area contributed by atoms with Crippen molar-refractivity contribution in [1.82, 2.24) is 19.9 Å². The van der Waals surface area contributed by atoms with E-state index < -0.39 is 5.82 Å². The summed E-state index contributed by atoms with van der Waals surface area (Å²) in [5.74, 6) is -0.364. The third kappa shape index (κ3) is 3.27. The van der Waals surface area contributed by atoms with Crippen LogP contribution in [0.1, 0.15) is 24.4 Å². The molecule has 1 unspecified atom stereocenters. The Morgan fingerprint density at radius 3 is 3.05 bits per heavy atom. The maximum Gasteiger partial charge on any atom is 0.222 e. The summed E-state index contributed by atoms with van der Waals surface area (Å²) in [7, 11) is 0. The van der Waals surface area contributed by atoms with E-state index in [-0.39, 0.29) is 17.0 Å². The van der Waals surface area contributed by atoms with Crippen molar-refractivity contribution in [3.63, 3.8) is 0 Å². The number of nitrogens with zero attached hydrogens (tertiary/aromatic N) is 4. The summed E-state index contributed by atoms with van der Waals surface area (Å²) in [5, 5.41) is 7.87. The Balaban J connectivity index is 1.53. The van der Waals surface area contributed by atoms with Crippen molar-refractivity contribution >= 4 is 17.5 Å². The first kappa shape index (κ1) is 15.0. The Morgan fingerprint density at radius 1 is 1.45 bits per heavy atom. The highest BCUT2D eigenvalue weighted by Gasteiger charge is 2.27. The van der Waals surface area contributed by atoms with Crippen LogP contribution >= 0.6 is 11.6 Å². The van der Waals surface area contributed by atoms with Gasteiger partial charge in [-0.1, -0.05) is 22.9 Å². The molecule has 22 heavy (non-hydrogen) atoms. The zero-order chi connectivity index (χ0) is 15.5. The number of halogens is 2. The van der Waals surface area contributed by atoms with Crippen LogP contribution in [-0.4, -0.2) is 38.9 Å². The minimum absolute atomic E-state index is 0.0815. The molecule has 1 aliphatic rings. The van der Waals surface area contributed by atoms with E-state index in [9.17, 15) is 9.18 Å². The van der Waals surface area contributed by atoms with Crippen molar-refractivity contribution < 1.29 is 9.18 Å². The van der Waals surface area contributed by atoms with Crippen molar-refractivity contribution in [3.05, 3.63) is 47.0 Å². The molecular weight excluding hydrogens is 307 g/mol. The van der Waals surface area contributed by atoms with E-state index in [0.29, 0.717) is 19.4 Å². The zero-order valence-electron chi connectivity index (χ0n) is 12.0. The van der Waals surface area contributed by atoms with Crippen molar-refractivity contribution in [3.8, 4) is 0 Å². The van der Waals surface area contributed by atoms with Gasteiger partial charge in [0.05, 0.1) is 17.3 Å². The van der Waals surface area contributed by atoms with Gasteiger partial charge in [0, 0.05) is 25.7 Å². The van der Waals surface area contributed by atoms with Gasteiger partial charge in [-0.3, -0.25) is 4.79 Å². The number of aryl methyl sites for hydroxylation is 1. The number of likely N-dealkylation sites (tertiary alicyclic amines) is 1. The molecule has 1 aliphatic heterocycles. The molecule has 1 amide bonds.